The number of allylic oxidation sites excluding steroid dienone is 8. The molecule has 1 unspecified atom stereocenters. The number of hydrogen-bond donors (Lipinski definition) is 2. The van der Waals surface area contributed by atoms with Gasteiger partial charge in [-0.3, -0.25) is 19.4 Å². The third kappa shape index (κ3) is 7.51. The van der Waals surface area contributed by atoms with E-state index in [0.717, 1.165) is 12.0 Å². The van der Waals surface area contributed by atoms with Gasteiger partial charge >= 0.3 is 0 Å². The van der Waals surface area contributed by atoms with E-state index in [1.807, 2.05) is 24.3 Å². The molecule has 3 amide bonds. The van der Waals surface area contributed by atoms with E-state index in [1.54, 1.807) is 47.3 Å². The SMILES string of the molecule is CC(=O)N1C2CN(Cc3cccc(F)c3)C(=O)[C@H](CC3=CCC=C(O)C=C3)N2C(=O)CN1C.NCC1=CCC=CC=C1. The molecule has 1 aromatic rings. The Morgan fingerprint density at radius 3 is 2.60 bits per heavy atom. The Bertz CT molecular complexity index is 1380. The lowest BCUT2D eigenvalue weighted by Crippen LogP contribution is -2.74. The quantitative estimate of drug-likeness (QED) is 0.556. The van der Waals surface area contributed by atoms with Crippen LogP contribution in [-0.2, 0) is 20.9 Å². The molecule has 2 fully saturated rings. The molecule has 0 radical (unpaired) electrons. The first-order valence-corrected chi connectivity index (χ1v) is 14.0. The van der Waals surface area contributed by atoms with Gasteiger partial charge in [0.2, 0.25) is 17.7 Å². The number of piperazine rings is 1. The first kappa shape index (κ1) is 30.7. The van der Waals surface area contributed by atoms with Gasteiger partial charge < -0.3 is 20.6 Å². The highest BCUT2D eigenvalue weighted by Crippen LogP contribution is 2.30. The van der Waals surface area contributed by atoms with Gasteiger partial charge in [0.15, 0.2) is 0 Å². The molecular weight excluding hydrogens is 537 g/mol. The lowest BCUT2D eigenvalue weighted by Gasteiger charge is -2.54. The number of hydrogen-bond acceptors (Lipinski definition) is 6. The maximum absolute atomic E-state index is 13.8. The van der Waals surface area contributed by atoms with Gasteiger partial charge in [-0.1, -0.05) is 54.7 Å². The summed E-state index contributed by atoms with van der Waals surface area (Å²) in [7, 11) is 1.67. The van der Waals surface area contributed by atoms with Crippen LogP contribution in [0.15, 0.2) is 95.9 Å². The van der Waals surface area contributed by atoms with Crippen molar-refractivity contribution in [1.29, 1.82) is 0 Å². The monoisotopic (exact) mass is 575 g/mol. The number of benzene rings is 1. The number of likely N-dealkylation sites (N-methyl/N-ethyl adjacent to an activating group) is 1. The zero-order valence-corrected chi connectivity index (χ0v) is 24.0. The number of carbonyl (C=O) groups excluding carboxylic acids is 3. The van der Waals surface area contributed by atoms with Crippen LogP contribution in [0.2, 0.25) is 0 Å². The molecule has 2 heterocycles. The Balaban J connectivity index is 0.000000385. The van der Waals surface area contributed by atoms with Gasteiger partial charge in [0, 0.05) is 33.5 Å². The lowest BCUT2D eigenvalue weighted by atomic mass is 9.97. The van der Waals surface area contributed by atoms with Gasteiger partial charge in [-0.05, 0) is 53.8 Å². The smallest absolute Gasteiger partial charge is 0.246 e. The molecule has 5 rings (SSSR count). The van der Waals surface area contributed by atoms with Crippen molar-refractivity contribution in [3.63, 3.8) is 0 Å². The van der Waals surface area contributed by atoms with Crippen molar-refractivity contribution in [2.24, 2.45) is 5.73 Å². The fourth-order valence-electron chi connectivity index (χ4n) is 5.47. The number of aliphatic hydroxyl groups excluding tert-OH is 1. The third-order valence-corrected chi connectivity index (χ3v) is 7.44. The van der Waals surface area contributed by atoms with E-state index >= 15 is 0 Å². The molecule has 3 N–H and O–H groups in total. The number of halogens is 1. The molecule has 0 aromatic heterocycles. The van der Waals surface area contributed by atoms with Gasteiger partial charge in [0.05, 0.1) is 13.1 Å². The summed E-state index contributed by atoms with van der Waals surface area (Å²) >= 11 is 0. The number of carbonyl (C=O) groups is 3. The van der Waals surface area contributed by atoms with E-state index in [0.29, 0.717) is 18.5 Å². The van der Waals surface area contributed by atoms with E-state index in [2.05, 4.69) is 12.2 Å². The summed E-state index contributed by atoms with van der Waals surface area (Å²) in [6, 6.07) is 5.22. The van der Waals surface area contributed by atoms with Crippen LogP contribution in [0.3, 0.4) is 0 Å². The second-order valence-corrected chi connectivity index (χ2v) is 10.5. The maximum Gasteiger partial charge on any atom is 0.246 e. The van der Waals surface area contributed by atoms with Crippen LogP contribution in [0, 0.1) is 5.82 Å². The summed E-state index contributed by atoms with van der Waals surface area (Å²) in [5.74, 6) is -0.980. The molecule has 0 bridgehead atoms. The van der Waals surface area contributed by atoms with Crippen molar-refractivity contribution < 1.29 is 23.9 Å². The standard InChI is InChI=1S/C24H27FN4O4.C8H11N/c1-16(30)29-22-14-27(13-18-6-3-7-19(25)11-18)24(33)21(28(22)23(32)15-26(29)2)12-17-5-4-8-20(31)10-9-17;9-7-8-5-3-1-2-4-6-8/h3,5-11,21-22,31H,4,12-15H2,1-2H3;1-3,5-6H,4,7,9H2/t21-,22?;/m0./s1. The largest absolute Gasteiger partial charge is 0.508 e. The molecule has 10 heteroatoms. The zero-order valence-electron chi connectivity index (χ0n) is 24.0. The number of hydrazine groups is 1. The summed E-state index contributed by atoms with van der Waals surface area (Å²) in [5, 5.41) is 12.8. The van der Waals surface area contributed by atoms with E-state index in [1.165, 1.54) is 34.5 Å². The van der Waals surface area contributed by atoms with E-state index < -0.39 is 18.0 Å². The number of rotatable bonds is 5. The number of aliphatic hydroxyl groups is 1. The van der Waals surface area contributed by atoms with Crippen LogP contribution in [0.1, 0.15) is 31.7 Å². The second kappa shape index (κ2) is 14.1. The molecule has 2 atom stereocenters. The summed E-state index contributed by atoms with van der Waals surface area (Å²) in [4.78, 5) is 42.2. The fourth-order valence-corrected chi connectivity index (χ4v) is 5.47. The normalized spacial score (nSPS) is 22.4. The maximum atomic E-state index is 13.8. The second-order valence-electron chi connectivity index (χ2n) is 10.5. The summed E-state index contributed by atoms with van der Waals surface area (Å²) in [6.07, 6.45) is 18.3. The van der Waals surface area contributed by atoms with Crippen LogP contribution < -0.4 is 5.73 Å². The minimum Gasteiger partial charge on any atom is -0.508 e. The average molecular weight is 576 g/mol. The van der Waals surface area contributed by atoms with E-state index in [4.69, 9.17) is 5.73 Å². The molecule has 2 saturated heterocycles. The number of nitrogens with two attached hydrogens (primary N) is 1. The average Bonchev–Trinajstić information content (AvgIpc) is 3.33. The van der Waals surface area contributed by atoms with Crippen LogP contribution >= 0.6 is 0 Å². The molecule has 0 saturated carbocycles. The third-order valence-electron chi connectivity index (χ3n) is 7.44. The molecule has 9 nitrogen and oxygen atoms in total. The number of fused-ring (bicyclic) bond motifs is 1. The molecule has 4 aliphatic rings. The summed E-state index contributed by atoms with van der Waals surface area (Å²) in [5.41, 5.74) is 8.08. The van der Waals surface area contributed by atoms with Crippen LogP contribution in [-0.4, -0.2) is 81.5 Å². The Labute approximate surface area is 246 Å². The molecule has 0 spiro atoms. The first-order valence-electron chi connectivity index (χ1n) is 14.0. The molecular formula is C32H38FN5O4. The van der Waals surface area contributed by atoms with Gasteiger partial charge in [-0.15, -0.1) is 0 Å². The topological polar surface area (TPSA) is 110 Å². The number of nitrogens with zero attached hydrogens (tertiary/aromatic N) is 4. The zero-order chi connectivity index (χ0) is 30.2. The molecule has 42 heavy (non-hydrogen) atoms. The predicted octanol–water partition coefficient (Wildman–Crippen LogP) is 3.51. The summed E-state index contributed by atoms with van der Waals surface area (Å²) < 4.78 is 13.8. The fraction of sp³-hybridized carbons (Fsp3) is 0.344. The van der Waals surface area contributed by atoms with Gasteiger partial charge in [0.25, 0.3) is 0 Å². The molecule has 2 aliphatic heterocycles. The van der Waals surface area contributed by atoms with Crippen molar-refractivity contribution in [1.82, 2.24) is 19.8 Å². The van der Waals surface area contributed by atoms with Crippen LogP contribution in [0.25, 0.3) is 0 Å². The first-order chi connectivity index (χ1) is 20.2. The highest BCUT2D eigenvalue weighted by Gasteiger charge is 2.50. The summed E-state index contributed by atoms with van der Waals surface area (Å²) in [6.45, 7) is 2.36. The molecule has 222 valence electrons. The minimum absolute atomic E-state index is 0.0129. The van der Waals surface area contributed by atoms with Gasteiger partial charge in [-0.25, -0.2) is 9.40 Å². The lowest BCUT2D eigenvalue weighted by molar-refractivity contribution is -0.201. The van der Waals surface area contributed by atoms with E-state index in [9.17, 15) is 23.9 Å². The van der Waals surface area contributed by atoms with Crippen LogP contribution in [0.4, 0.5) is 4.39 Å². The molecule has 1 aromatic carbocycles. The highest BCUT2D eigenvalue weighted by molar-refractivity contribution is 5.91. The van der Waals surface area contributed by atoms with Crippen molar-refractivity contribution in [3.05, 3.63) is 107 Å². The van der Waals surface area contributed by atoms with E-state index in [-0.39, 0.29) is 49.5 Å². The Kier molecular flexibility index (Phi) is 10.3. The Morgan fingerprint density at radius 1 is 1.07 bits per heavy atom. The van der Waals surface area contributed by atoms with Crippen molar-refractivity contribution in [3.8, 4) is 0 Å². The Morgan fingerprint density at radius 2 is 1.86 bits per heavy atom. The van der Waals surface area contributed by atoms with Crippen molar-refractivity contribution in [2.75, 3.05) is 26.7 Å². The minimum atomic E-state index is -0.823. The van der Waals surface area contributed by atoms with Crippen molar-refractivity contribution in [2.45, 2.75) is 44.9 Å². The van der Waals surface area contributed by atoms with Gasteiger partial charge in [-0.2, -0.15) is 0 Å². The van der Waals surface area contributed by atoms with Crippen LogP contribution in [0.5, 0.6) is 0 Å². The molecule has 2 aliphatic carbocycles. The van der Waals surface area contributed by atoms with Crippen molar-refractivity contribution >= 4 is 17.7 Å². The Hall–Kier alpha value is -4.28. The number of amides is 3. The van der Waals surface area contributed by atoms with Gasteiger partial charge in [0.1, 0.15) is 23.8 Å². The predicted molar refractivity (Wildman–Crippen MR) is 159 cm³/mol. The highest BCUT2D eigenvalue weighted by atomic mass is 19.1.